The van der Waals surface area contributed by atoms with Gasteiger partial charge in [-0.15, -0.1) is 0 Å². The number of hydrogen-bond donors (Lipinski definition) is 1. The normalized spacial score (nSPS) is 31.2. The van der Waals surface area contributed by atoms with E-state index in [9.17, 15) is 5.11 Å². The fourth-order valence-corrected chi connectivity index (χ4v) is 4.57. The number of halogens is 1. The first-order chi connectivity index (χ1) is 10.2. The molecule has 0 radical (unpaired) electrons. The molecule has 1 aliphatic carbocycles. The molecule has 2 heterocycles. The van der Waals surface area contributed by atoms with Crippen molar-refractivity contribution in [2.24, 2.45) is 11.3 Å². The molecule has 21 heavy (non-hydrogen) atoms. The summed E-state index contributed by atoms with van der Waals surface area (Å²) in [5, 5.41) is 10.1. The van der Waals surface area contributed by atoms with Crippen molar-refractivity contribution in [2.75, 3.05) is 19.8 Å². The van der Waals surface area contributed by atoms with Crippen molar-refractivity contribution >= 4 is 15.9 Å². The minimum Gasteiger partial charge on any atom is -0.493 e. The van der Waals surface area contributed by atoms with Crippen molar-refractivity contribution in [3.05, 3.63) is 27.7 Å². The zero-order chi connectivity index (χ0) is 14.4. The zero-order valence-corrected chi connectivity index (χ0v) is 13.7. The first-order valence-electron chi connectivity index (χ1n) is 7.88. The van der Waals surface area contributed by atoms with E-state index in [1.165, 1.54) is 24.0 Å². The molecular formula is C17H21BrO3. The lowest BCUT2D eigenvalue weighted by atomic mass is 9.74. The maximum Gasteiger partial charge on any atom is 0.125 e. The monoisotopic (exact) mass is 352 g/mol. The first-order valence-corrected chi connectivity index (χ1v) is 8.68. The molecule has 2 unspecified atom stereocenters. The minimum atomic E-state index is -0.123. The molecule has 2 fully saturated rings. The van der Waals surface area contributed by atoms with Crippen molar-refractivity contribution in [2.45, 2.75) is 38.2 Å². The Labute approximate surface area is 133 Å². The molecule has 4 heteroatoms. The van der Waals surface area contributed by atoms with E-state index in [-0.39, 0.29) is 18.1 Å². The van der Waals surface area contributed by atoms with Gasteiger partial charge >= 0.3 is 0 Å². The third-order valence-electron chi connectivity index (χ3n) is 5.23. The Bertz CT molecular complexity index is 555. The Hall–Kier alpha value is -0.580. The molecule has 0 aromatic heterocycles. The lowest BCUT2D eigenvalue weighted by Crippen LogP contribution is -2.38. The first kappa shape index (κ1) is 14.0. The minimum absolute atomic E-state index is 0.123. The molecule has 0 bridgehead atoms. The highest BCUT2D eigenvalue weighted by atomic mass is 79.9. The van der Waals surface area contributed by atoms with Crippen LogP contribution in [0.1, 0.15) is 30.4 Å². The van der Waals surface area contributed by atoms with Crippen LogP contribution in [0.3, 0.4) is 0 Å². The average molecular weight is 353 g/mol. The van der Waals surface area contributed by atoms with Crippen molar-refractivity contribution in [1.82, 2.24) is 0 Å². The quantitative estimate of drug-likeness (QED) is 0.904. The van der Waals surface area contributed by atoms with Crippen LogP contribution in [-0.4, -0.2) is 31.0 Å². The van der Waals surface area contributed by atoms with Crippen molar-refractivity contribution < 1.29 is 14.6 Å². The predicted octanol–water partition coefficient (Wildman–Crippen LogP) is 3.10. The summed E-state index contributed by atoms with van der Waals surface area (Å²) in [6.45, 7) is 1.75. The van der Waals surface area contributed by atoms with Gasteiger partial charge in [-0.1, -0.05) is 15.9 Å². The highest BCUT2D eigenvalue weighted by Gasteiger charge is 2.51. The van der Waals surface area contributed by atoms with E-state index >= 15 is 0 Å². The molecule has 4 rings (SSSR count). The summed E-state index contributed by atoms with van der Waals surface area (Å²) in [6, 6.07) is 4.31. The predicted molar refractivity (Wildman–Crippen MR) is 83.6 cm³/mol. The van der Waals surface area contributed by atoms with Crippen LogP contribution < -0.4 is 4.74 Å². The summed E-state index contributed by atoms with van der Waals surface area (Å²) in [7, 11) is 0. The molecule has 2 aliphatic heterocycles. The number of aliphatic hydroxyl groups is 1. The SMILES string of the molecule is OCC1(Cc2cc(Br)cc3c2OCC3)CCOC1C1CC1. The summed E-state index contributed by atoms with van der Waals surface area (Å²) < 4.78 is 13.0. The third-order valence-corrected chi connectivity index (χ3v) is 5.69. The maximum absolute atomic E-state index is 10.1. The second-order valence-corrected chi connectivity index (χ2v) is 7.64. The van der Waals surface area contributed by atoms with Crippen LogP contribution in [0, 0.1) is 11.3 Å². The number of hydrogen-bond acceptors (Lipinski definition) is 3. The van der Waals surface area contributed by atoms with E-state index in [1.54, 1.807) is 0 Å². The van der Waals surface area contributed by atoms with Gasteiger partial charge in [-0.25, -0.2) is 0 Å². The summed E-state index contributed by atoms with van der Waals surface area (Å²) in [5.41, 5.74) is 2.39. The van der Waals surface area contributed by atoms with Crippen LogP contribution in [0.15, 0.2) is 16.6 Å². The molecule has 3 aliphatic rings. The van der Waals surface area contributed by atoms with Gasteiger partial charge in [0.05, 0.1) is 19.3 Å². The smallest absolute Gasteiger partial charge is 0.125 e. The van der Waals surface area contributed by atoms with Crippen LogP contribution in [0.25, 0.3) is 0 Å². The third kappa shape index (κ3) is 2.41. The van der Waals surface area contributed by atoms with E-state index in [4.69, 9.17) is 9.47 Å². The highest BCUT2D eigenvalue weighted by molar-refractivity contribution is 9.10. The number of fused-ring (bicyclic) bond motifs is 1. The molecule has 1 aromatic carbocycles. The fourth-order valence-electron chi connectivity index (χ4n) is 4.01. The fraction of sp³-hybridized carbons (Fsp3) is 0.647. The lowest BCUT2D eigenvalue weighted by molar-refractivity contribution is 0.000344. The molecule has 0 spiro atoms. The van der Waals surface area contributed by atoms with Gasteiger partial charge in [0.25, 0.3) is 0 Å². The molecule has 2 atom stereocenters. The van der Waals surface area contributed by atoms with E-state index in [2.05, 4.69) is 28.1 Å². The molecule has 1 saturated carbocycles. The molecule has 1 saturated heterocycles. The number of aliphatic hydroxyl groups excluding tert-OH is 1. The summed E-state index contributed by atoms with van der Waals surface area (Å²) >= 11 is 3.61. The van der Waals surface area contributed by atoms with E-state index < -0.39 is 0 Å². The van der Waals surface area contributed by atoms with Crippen LogP contribution >= 0.6 is 15.9 Å². The van der Waals surface area contributed by atoms with E-state index in [0.29, 0.717) is 5.92 Å². The standard InChI is InChI=1S/C17H21BrO3/c18-14-7-12-3-5-20-15(12)13(8-14)9-17(10-19)4-6-21-16(17)11-1-2-11/h7-8,11,16,19H,1-6,9-10H2. The Balaban J connectivity index is 1.68. The maximum atomic E-state index is 10.1. The van der Waals surface area contributed by atoms with Gasteiger partial charge in [0.1, 0.15) is 5.75 Å². The van der Waals surface area contributed by atoms with Crippen LogP contribution in [0.2, 0.25) is 0 Å². The Morgan fingerprint density at radius 3 is 2.90 bits per heavy atom. The molecule has 114 valence electrons. The van der Waals surface area contributed by atoms with Gasteiger partial charge < -0.3 is 14.6 Å². The summed E-state index contributed by atoms with van der Waals surface area (Å²) in [5.74, 6) is 1.70. The summed E-state index contributed by atoms with van der Waals surface area (Å²) in [6.07, 6.45) is 5.51. The van der Waals surface area contributed by atoms with E-state index in [0.717, 1.165) is 42.7 Å². The van der Waals surface area contributed by atoms with Crippen molar-refractivity contribution in [1.29, 1.82) is 0 Å². The second kappa shape index (κ2) is 5.25. The van der Waals surface area contributed by atoms with Crippen LogP contribution in [0.5, 0.6) is 5.75 Å². The van der Waals surface area contributed by atoms with Gasteiger partial charge in [0.2, 0.25) is 0 Å². The largest absolute Gasteiger partial charge is 0.493 e. The van der Waals surface area contributed by atoms with Crippen LogP contribution in [-0.2, 0) is 17.6 Å². The van der Waals surface area contributed by atoms with Gasteiger partial charge in [0, 0.05) is 22.9 Å². The zero-order valence-electron chi connectivity index (χ0n) is 12.1. The average Bonchev–Trinajstić information content (AvgIpc) is 3.05. The number of benzene rings is 1. The molecule has 1 N–H and O–H groups in total. The van der Waals surface area contributed by atoms with Crippen molar-refractivity contribution in [3.8, 4) is 5.75 Å². The highest BCUT2D eigenvalue weighted by Crippen LogP contribution is 2.50. The van der Waals surface area contributed by atoms with Crippen LogP contribution in [0.4, 0.5) is 0 Å². The topological polar surface area (TPSA) is 38.7 Å². The Morgan fingerprint density at radius 1 is 1.29 bits per heavy atom. The number of rotatable bonds is 4. The summed E-state index contributed by atoms with van der Waals surface area (Å²) in [4.78, 5) is 0. The van der Waals surface area contributed by atoms with Gasteiger partial charge in [-0.05, 0) is 54.9 Å². The second-order valence-electron chi connectivity index (χ2n) is 6.73. The molecule has 1 aromatic rings. The molecule has 0 amide bonds. The molecule has 3 nitrogen and oxygen atoms in total. The van der Waals surface area contributed by atoms with Gasteiger partial charge in [-0.2, -0.15) is 0 Å². The Morgan fingerprint density at radius 2 is 2.14 bits per heavy atom. The Kier molecular flexibility index (Phi) is 3.51. The van der Waals surface area contributed by atoms with Gasteiger partial charge in [-0.3, -0.25) is 0 Å². The van der Waals surface area contributed by atoms with E-state index in [1.807, 2.05) is 0 Å². The lowest BCUT2D eigenvalue weighted by Gasteiger charge is -2.33. The molecular weight excluding hydrogens is 332 g/mol. The number of ether oxygens (including phenoxy) is 2. The van der Waals surface area contributed by atoms with Gasteiger partial charge in [0.15, 0.2) is 0 Å². The van der Waals surface area contributed by atoms with Crippen molar-refractivity contribution in [3.63, 3.8) is 0 Å².